The highest BCUT2D eigenvalue weighted by molar-refractivity contribution is 5.92. The van der Waals surface area contributed by atoms with E-state index >= 15 is 0 Å². The first-order chi connectivity index (χ1) is 11.6. The molecule has 1 N–H and O–H groups in total. The summed E-state index contributed by atoms with van der Waals surface area (Å²) in [7, 11) is 0. The topological polar surface area (TPSA) is 85.7 Å². The Morgan fingerprint density at radius 1 is 1.25 bits per heavy atom. The summed E-state index contributed by atoms with van der Waals surface area (Å²) in [4.78, 5) is 27.5. The summed E-state index contributed by atoms with van der Waals surface area (Å²) >= 11 is 0. The van der Waals surface area contributed by atoms with Crippen LogP contribution in [0.2, 0.25) is 0 Å². The fraction of sp³-hybridized carbons (Fsp3) is 0.471. The van der Waals surface area contributed by atoms with Gasteiger partial charge in [0, 0.05) is 39.1 Å². The molecule has 1 aromatic rings. The zero-order valence-electron chi connectivity index (χ0n) is 13.8. The third-order valence-corrected chi connectivity index (χ3v) is 3.88. The van der Waals surface area contributed by atoms with Crippen LogP contribution in [0.3, 0.4) is 0 Å². The number of anilines is 1. The van der Waals surface area contributed by atoms with Crippen LogP contribution in [-0.4, -0.2) is 61.1 Å². The second kappa shape index (κ2) is 8.89. The van der Waals surface area contributed by atoms with E-state index in [-0.39, 0.29) is 12.0 Å². The van der Waals surface area contributed by atoms with Crippen LogP contribution in [0, 0.1) is 11.3 Å². The lowest BCUT2D eigenvalue weighted by Gasteiger charge is -2.33. The maximum atomic E-state index is 12.0. The van der Waals surface area contributed by atoms with E-state index in [2.05, 4.69) is 16.3 Å². The zero-order chi connectivity index (χ0) is 17.4. The number of nitriles is 1. The molecule has 1 saturated heterocycles. The van der Waals surface area contributed by atoms with Crippen molar-refractivity contribution in [2.45, 2.75) is 13.3 Å². The Bertz CT molecular complexity index is 619. The molecule has 0 radical (unpaired) electrons. The molecule has 2 amide bonds. The Kier molecular flexibility index (Phi) is 6.58. The molecule has 7 nitrogen and oxygen atoms in total. The normalized spacial score (nSPS) is 14.8. The van der Waals surface area contributed by atoms with E-state index in [1.165, 1.54) is 0 Å². The Morgan fingerprint density at radius 2 is 1.96 bits per heavy atom. The van der Waals surface area contributed by atoms with E-state index < -0.39 is 0 Å². The average Bonchev–Trinajstić information content (AvgIpc) is 2.61. The largest absolute Gasteiger partial charge is 0.450 e. The van der Waals surface area contributed by atoms with Crippen LogP contribution in [0.4, 0.5) is 10.5 Å². The Balaban J connectivity index is 1.73. The number of benzene rings is 1. The smallest absolute Gasteiger partial charge is 0.409 e. The van der Waals surface area contributed by atoms with Crippen LogP contribution >= 0.6 is 0 Å². The third-order valence-electron chi connectivity index (χ3n) is 3.88. The van der Waals surface area contributed by atoms with Gasteiger partial charge in [0.2, 0.25) is 5.91 Å². The van der Waals surface area contributed by atoms with Gasteiger partial charge in [-0.05, 0) is 19.1 Å². The highest BCUT2D eigenvalue weighted by Crippen LogP contribution is 2.14. The number of nitrogens with zero attached hydrogens (tertiary/aromatic N) is 3. The van der Waals surface area contributed by atoms with Crippen LogP contribution in [0.15, 0.2) is 24.3 Å². The van der Waals surface area contributed by atoms with Gasteiger partial charge in [-0.3, -0.25) is 9.69 Å². The molecule has 0 bridgehead atoms. The molecule has 0 aromatic heterocycles. The van der Waals surface area contributed by atoms with Crippen LogP contribution in [-0.2, 0) is 9.53 Å². The number of piperazine rings is 1. The van der Waals surface area contributed by atoms with Crippen molar-refractivity contribution >= 4 is 17.7 Å². The number of amides is 2. The first-order valence-corrected chi connectivity index (χ1v) is 8.07. The summed E-state index contributed by atoms with van der Waals surface area (Å²) < 4.78 is 4.98. The Hall–Kier alpha value is -2.59. The molecule has 1 aliphatic rings. The molecule has 7 heteroatoms. The van der Waals surface area contributed by atoms with Crippen LogP contribution in [0.25, 0.3) is 0 Å². The minimum absolute atomic E-state index is 0.120. The van der Waals surface area contributed by atoms with E-state index in [0.717, 1.165) is 13.1 Å². The van der Waals surface area contributed by atoms with Crippen molar-refractivity contribution in [3.05, 3.63) is 29.8 Å². The van der Waals surface area contributed by atoms with Gasteiger partial charge in [-0.1, -0.05) is 12.1 Å². The van der Waals surface area contributed by atoms with Crippen molar-refractivity contribution in [1.82, 2.24) is 9.80 Å². The third kappa shape index (κ3) is 4.96. The molecule has 1 fully saturated rings. The summed E-state index contributed by atoms with van der Waals surface area (Å²) in [6, 6.07) is 8.99. The number of carbonyl (C=O) groups is 2. The fourth-order valence-corrected chi connectivity index (χ4v) is 2.53. The first kappa shape index (κ1) is 17.8. The van der Waals surface area contributed by atoms with Gasteiger partial charge in [-0.25, -0.2) is 4.79 Å². The van der Waals surface area contributed by atoms with Crippen molar-refractivity contribution in [2.24, 2.45) is 0 Å². The summed E-state index contributed by atoms with van der Waals surface area (Å²) in [5, 5.41) is 11.8. The molecule has 0 saturated carbocycles. The van der Waals surface area contributed by atoms with E-state index in [9.17, 15) is 9.59 Å². The SMILES string of the molecule is CCOC(=O)N1CCN(CCC(=O)Nc2ccccc2C#N)CC1. The molecule has 2 rings (SSSR count). The summed E-state index contributed by atoms with van der Waals surface area (Å²) in [6.45, 7) is 5.45. The van der Waals surface area contributed by atoms with Crippen molar-refractivity contribution in [2.75, 3.05) is 44.6 Å². The van der Waals surface area contributed by atoms with Crippen LogP contribution < -0.4 is 5.32 Å². The minimum atomic E-state index is -0.275. The molecule has 0 aliphatic carbocycles. The number of rotatable bonds is 5. The van der Waals surface area contributed by atoms with Gasteiger partial charge in [-0.15, -0.1) is 0 Å². The summed E-state index contributed by atoms with van der Waals surface area (Å²) in [5.41, 5.74) is 0.992. The number of hydrogen-bond donors (Lipinski definition) is 1. The minimum Gasteiger partial charge on any atom is -0.450 e. The van der Waals surface area contributed by atoms with Crippen LogP contribution in [0.5, 0.6) is 0 Å². The molecular formula is C17H22N4O3. The maximum Gasteiger partial charge on any atom is 0.409 e. The zero-order valence-corrected chi connectivity index (χ0v) is 13.8. The maximum absolute atomic E-state index is 12.0. The van der Waals surface area contributed by atoms with Crippen molar-refractivity contribution in [3.63, 3.8) is 0 Å². The number of para-hydroxylation sites is 1. The van der Waals surface area contributed by atoms with E-state index in [0.29, 0.717) is 43.9 Å². The second-order valence-corrected chi connectivity index (χ2v) is 5.48. The van der Waals surface area contributed by atoms with Gasteiger partial charge in [0.1, 0.15) is 6.07 Å². The van der Waals surface area contributed by atoms with Gasteiger partial charge in [0.05, 0.1) is 17.9 Å². The van der Waals surface area contributed by atoms with E-state index in [1.807, 2.05) is 0 Å². The Labute approximate surface area is 141 Å². The predicted molar refractivity (Wildman–Crippen MR) is 89.4 cm³/mol. The number of carbonyl (C=O) groups excluding carboxylic acids is 2. The lowest BCUT2D eigenvalue weighted by molar-refractivity contribution is -0.116. The second-order valence-electron chi connectivity index (χ2n) is 5.48. The number of nitrogens with one attached hydrogen (secondary N) is 1. The molecule has 1 aliphatic heterocycles. The lowest BCUT2D eigenvalue weighted by atomic mass is 10.2. The average molecular weight is 330 g/mol. The van der Waals surface area contributed by atoms with Crippen molar-refractivity contribution in [3.8, 4) is 6.07 Å². The molecule has 1 heterocycles. The standard InChI is InChI=1S/C17H22N4O3/c1-2-24-17(23)21-11-9-20(10-12-21)8-7-16(22)19-15-6-4-3-5-14(15)13-18/h3-6H,2,7-12H2,1H3,(H,19,22). The van der Waals surface area contributed by atoms with Gasteiger partial charge in [-0.2, -0.15) is 5.26 Å². The highest BCUT2D eigenvalue weighted by atomic mass is 16.6. The van der Waals surface area contributed by atoms with Gasteiger partial charge in [0.15, 0.2) is 0 Å². The van der Waals surface area contributed by atoms with Gasteiger partial charge in [0.25, 0.3) is 0 Å². The first-order valence-electron chi connectivity index (χ1n) is 8.07. The molecular weight excluding hydrogens is 308 g/mol. The molecule has 24 heavy (non-hydrogen) atoms. The molecule has 1 aromatic carbocycles. The highest BCUT2D eigenvalue weighted by Gasteiger charge is 2.22. The van der Waals surface area contributed by atoms with Crippen LogP contribution in [0.1, 0.15) is 18.9 Å². The molecule has 0 unspecified atom stereocenters. The Morgan fingerprint density at radius 3 is 2.62 bits per heavy atom. The number of hydrogen-bond acceptors (Lipinski definition) is 5. The monoisotopic (exact) mass is 330 g/mol. The molecule has 128 valence electrons. The quantitative estimate of drug-likeness (QED) is 0.887. The van der Waals surface area contributed by atoms with E-state index in [1.54, 1.807) is 36.1 Å². The van der Waals surface area contributed by atoms with Crippen molar-refractivity contribution < 1.29 is 14.3 Å². The number of ether oxygens (including phenoxy) is 1. The summed E-state index contributed by atoms with van der Waals surface area (Å²) in [5.74, 6) is -0.120. The van der Waals surface area contributed by atoms with Gasteiger partial charge < -0.3 is 15.0 Å². The molecule has 0 spiro atoms. The van der Waals surface area contributed by atoms with E-state index in [4.69, 9.17) is 10.00 Å². The fourth-order valence-electron chi connectivity index (χ4n) is 2.53. The summed E-state index contributed by atoms with van der Waals surface area (Å²) in [6.07, 6.45) is 0.0714. The predicted octanol–water partition coefficient (Wildman–Crippen LogP) is 1.66. The van der Waals surface area contributed by atoms with Crippen molar-refractivity contribution in [1.29, 1.82) is 5.26 Å². The lowest BCUT2D eigenvalue weighted by Crippen LogP contribution is -2.49. The molecule has 0 atom stereocenters. The van der Waals surface area contributed by atoms with Gasteiger partial charge >= 0.3 is 6.09 Å².